The van der Waals surface area contributed by atoms with E-state index in [9.17, 15) is 0 Å². The normalized spacial score (nSPS) is 11.5. The van der Waals surface area contributed by atoms with E-state index in [-0.39, 0.29) is 0 Å². The Morgan fingerprint density at radius 3 is 1.82 bits per heavy atom. The summed E-state index contributed by atoms with van der Waals surface area (Å²) in [6.45, 7) is 0. The molecule has 2 rings (SSSR count). The minimum Gasteiger partial charge on any atom is -0.313 e. The van der Waals surface area contributed by atoms with Crippen LogP contribution in [0.3, 0.4) is 0 Å². The monoisotopic (exact) mass is 296 g/mol. The Morgan fingerprint density at radius 1 is 0.636 bits per heavy atom. The molecule has 0 radical (unpaired) electrons. The number of nitrogens with two attached hydrogens (primary N) is 2. The van der Waals surface area contributed by atoms with Crippen molar-refractivity contribution < 1.29 is 0 Å². The largest absolute Gasteiger partial charge is 0.313 e. The van der Waals surface area contributed by atoms with Gasteiger partial charge >= 0.3 is 0 Å². The molecule has 22 heavy (non-hydrogen) atoms. The van der Waals surface area contributed by atoms with E-state index in [1.165, 1.54) is 36.8 Å². The SMILES string of the molecule is NC(N)(CCCCCCc1ccccc1)Cc1ccccc1. The molecular weight excluding hydrogens is 268 g/mol. The van der Waals surface area contributed by atoms with Crippen LogP contribution in [-0.4, -0.2) is 5.66 Å². The molecule has 0 amide bonds. The summed E-state index contributed by atoms with van der Waals surface area (Å²) < 4.78 is 0. The van der Waals surface area contributed by atoms with Gasteiger partial charge in [0.15, 0.2) is 0 Å². The quantitative estimate of drug-likeness (QED) is 0.542. The Hall–Kier alpha value is -1.64. The zero-order valence-electron chi connectivity index (χ0n) is 13.4. The lowest BCUT2D eigenvalue weighted by molar-refractivity contribution is 0.384. The Bertz CT molecular complexity index is 520. The van der Waals surface area contributed by atoms with Gasteiger partial charge in [0, 0.05) is 6.42 Å². The molecule has 0 atom stereocenters. The third-order valence-corrected chi connectivity index (χ3v) is 4.08. The number of rotatable bonds is 9. The van der Waals surface area contributed by atoms with Gasteiger partial charge in [-0.2, -0.15) is 0 Å². The number of benzene rings is 2. The van der Waals surface area contributed by atoms with Crippen LogP contribution in [0, 0.1) is 0 Å². The molecule has 0 aromatic heterocycles. The lowest BCUT2D eigenvalue weighted by Crippen LogP contribution is -2.51. The summed E-state index contributed by atoms with van der Waals surface area (Å²) in [7, 11) is 0. The highest BCUT2D eigenvalue weighted by Gasteiger charge is 2.18. The molecule has 0 aliphatic carbocycles. The van der Waals surface area contributed by atoms with Crippen molar-refractivity contribution in [3.05, 3.63) is 71.8 Å². The third kappa shape index (κ3) is 6.42. The van der Waals surface area contributed by atoms with Crippen molar-refractivity contribution in [3.63, 3.8) is 0 Å². The maximum atomic E-state index is 6.23. The summed E-state index contributed by atoms with van der Waals surface area (Å²) in [6.07, 6.45) is 7.60. The second-order valence-corrected chi connectivity index (χ2v) is 6.30. The minimum absolute atomic E-state index is 0.583. The van der Waals surface area contributed by atoms with Crippen molar-refractivity contribution in [1.29, 1.82) is 0 Å². The molecule has 2 aromatic carbocycles. The van der Waals surface area contributed by atoms with Gasteiger partial charge in [-0.05, 0) is 30.4 Å². The smallest absolute Gasteiger partial charge is 0.0677 e. The van der Waals surface area contributed by atoms with Gasteiger partial charge in [0.05, 0.1) is 5.66 Å². The van der Waals surface area contributed by atoms with Crippen LogP contribution in [0.5, 0.6) is 0 Å². The molecule has 0 bridgehead atoms. The maximum Gasteiger partial charge on any atom is 0.0677 e. The molecule has 0 aliphatic heterocycles. The molecule has 118 valence electrons. The van der Waals surface area contributed by atoms with E-state index in [1.54, 1.807) is 0 Å². The average molecular weight is 296 g/mol. The number of aryl methyl sites for hydroxylation is 1. The van der Waals surface area contributed by atoms with Crippen molar-refractivity contribution in [1.82, 2.24) is 0 Å². The highest BCUT2D eigenvalue weighted by atomic mass is 14.9. The predicted molar refractivity (Wildman–Crippen MR) is 94.5 cm³/mol. The van der Waals surface area contributed by atoms with Crippen LogP contribution in [0.4, 0.5) is 0 Å². The summed E-state index contributed by atoms with van der Waals surface area (Å²) in [5, 5.41) is 0. The van der Waals surface area contributed by atoms with Gasteiger partial charge in [-0.25, -0.2) is 0 Å². The lowest BCUT2D eigenvalue weighted by atomic mass is 9.95. The van der Waals surface area contributed by atoms with Crippen LogP contribution in [0.15, 0.2) is 60.7 Å². The first-order valence-electron chi connectivity index (χ1n) is 8.31. The topological polar surface area (TPSA) is 52.0 Å². The van der Waals surface area contributed by atoms with Crippen LogP contribution in [0.2, 0.25) is 0 Å². The molecule has 0 spiro atoms. The van der Waals surface area contributed by atoms with Gasteiger partial charge in [-0.3, -0.25) is 0 Å². The van der Waals surface area contributed by atoms with E-state index in [2.05, 4.69) is 42.5 Å². The van der Waals surface area contributed by atoms with Crippen molar-refractivity contribution >= 4 is 0 Å². The zero-order valence-corrected chi connectivity index (χ0v) is 13.4. The van der Waals surface area contributed by atoms with Gasteiger partial charge in [-0.15, -0.1) is 0 Å². The molecule has 2 aromatic rings. The van der Waals surface area contributed by atoms with Gasteiger partial charge in [0.1, 0.15) is 0 Å². The van der Waals surface area contributed by atoms with Crippen LogP contribution < -0.4 is 11.5 Å². The zero-order chi connectivity index (χ0) is 15.7. The Morgan fingerprint density at radius 2 is 1.18 bits per heavy atom. The van der Waals surface area contributed by atoms with Gasteiger partial charge in [0.2, 0.25) is 0 Å². The second kappa shape index (κ2) is 8.72. The highest BCUT2D eigenvalue weighted by molar-refractivity contribution is 5.17. The van der Waals surface area contributed by atoms with Gasteiger partial charge < -0.3 is 11.5 Å². The van der Waals surface area contributed by atoms with Gasteiger partial charge in [-0.1, -0.05) is 79.9 Å². The molecule has 0 saturated heterocycles. The summed E-state index contributed by atoms with van der Waals surface area (Å²) in [5.74, 6) is 0. The van der Waals surface area contributed by atoms with Crippen LogP contribution in [0.1, 0.15) is 43.2 Å². The molecule has 0 unspecified atom stereocenters. The van der Waals surface area contributed by atoms with Crippen LogP contribution >= 0.6 is 0 Å². The first kappa shape index (κ1) is 16.7. The number of hydrogen-bond donors (Lipinski definition) is 2. The third-order valence-electron chi connectivity index (χ3n) is 4.08. The summed E-state index contributed by atoms with van der Waals surface area (Å²) in [4.78, 5) is 0. The predicted octanol–water partition coefficient (Wildman–Crippen LogP) is 4.04. The summed E-state index contributed by atoms with van der Waals surface area (Å²) >= 11 is 0. The van der Waals surface area contributed by atoms with Crippen molar-refractivity contribution in [2.75, 3.05) is 0 Å². The average Bonchev–Trinajstić information content (AvgIpc) is 2.52. The van der Waals surface area contributed by atoms with E-state index in [0.717, 1.165) is 19.3 Å². The molecule has 0 fully saturated rings. The van der Waals surface area contributed by atoms with Gasteiger partial charge in [0.25, 0.3) is 0 Å². The lowest BCUT2D eigenvalue weighted by Gasteiger charge is -2.24. The summed E-state index contributed by atoms with van der Waals surface area (Å²) in [5.41, 5.74) is 14.5. The molecule has 0 aliphatic rings. The fourth-order valence-corrected chi connectivity index (χ4v) is 2.85. The van der Waals surface area contributed by atoms with E-state index in [1.807, 2.05) is 18.2 Å². The molecule has 0 saturated carbocycles. The fraction of sp³-hybridized carbons (Fsp3) is 0.400. The second-order valence-electron chi connectivity index (χ2n) is 6.30. The Kier molecular flexibility index (Phi) is 6.63. The van der Waals surface area contributed by atoms with E-state index in [0.29, 0.717) is 0 Å². The van der Waals surface area contributed by atoms with Crippen molar-refractivity contribution in [3.8, 4) is 0 Å². The molecule has 2 nitrogen and oxygen atoms in total. The molecular formula is C20H28N2. The van der Waals surface area contributed by atoms with Crippen molar-refractivity contribution in [2.45, 2.75) is 50.6 Å². The standard InChI is InChI=1S/C20H28N2/c21-20(22,17-19-14-8-4-9-15-19)16-10-2-1-5-11-18-12-6-3-7-13-18/h3-4,6-9,12-15H,1-2,5,10-11,16-17,21-22H2. The molecule has 2 heteroatoms. The molecule has 4 N–H and O–H groups in total. The summed E-state index contributed by atoms with van der Waals surface area (Å²) in [6, 6.07) is 21.0. The minimum atomic E-state index is -0.583. The maximum absolute atomic E-state index is 6.23. The first-order chi connectivity index (χ1) is 10.7. The number of unbranched alkanes of at least 4 members (excludes halogenated alkanes) is 3. The van der Waals surface area contributed by atoms with Crippen molar-refractivity contribution in [2.24, 2.45) is 11.5 Å². The van der Waals surface area contributed by atoms with E-state index in [4.69, 9.17) is 11.5 Å². The Balaban J connectivity index is 1.59. The first-order valence-corrected chi connectivity index (χ1v) is 8.31. The Labute approximate surface area is 134 Å². The fourth-order valence-electron chi connectivity index (χ4n) is 2.85. The van der Waals surface area contributed by atoms with E-state index >= 15 is 0 Å². The van der Waals surface area contributed by atoms with Crippen LogP contribution in [0.25, 0.3) is 0 Å². The number of hydrogen-bond acceptors (Lipinski definition) is 2. The highest BCUT2D eigenvalue weighted by Crippen LogP contribution is 2.15. The van der Waals surface area contributed by atoms with Crippen LogP contribution in [-0.2, 0) is 12.8 Å². The molecule has 0 heterocycles. The van der Waals surface area contributed by atoms with E-state index < -0.39 is 5.66 Å².